The largest absolute Gasteiger partial charge is 2.00 e. The topological polar surface area (TPSA) is 40.1 Å². The third kappa shape index (κ3) is 14000. The van der Waals surface area contributed by atoms with Crippen LogP contribution in [0, 0.1) is 7.18 Å². The first-order valence-electron chi connectivity index (χ1n) is 1.18. The van der Waals surface area contributed by atoms with E-state index in [0.29, 0.717) is 0 Å². The van der Waals surface area contributed by atoms with Crippen molar-refractivity contribution in [1.82, 2.24) is 0 Å². The van der Waals surface area contributed by atoms with Crippen LogP contribution in [0.1, 0.15) is 6.92 Å². The molecule has 0 aliphatic carbocycles. The van der Waals surface area contributed by atoms with Crippen LogP contribution in [0.3, 0.4) is 0 Å². The van der Waals surface area contributed by atoms with Gasteiger partial charge in [-0.15, -0.1) is 0 Å². The minimum atomic E-state index is -1.08. The number of carboxylic acid groups (broad SMARTS) is 1. The molecule has 0 amide bonds. The zero-order chi connectivity index (χ0) is 5.58. The molecule has 0 rings (SSSR count). The maximum absolute atomic E-state index is 9.25. The molecule has 44 valence electrons. The van der Waals surface area contributed by atoms with E-state index in [-0.39, 0.29) is 17.1 Å². The van der Waals surface area contributed by atoms with Crippen LogP contribution in [0.25, 0.3) is 0 Å². The van der Waals surface area contributed by atoms with Crippen LogP contribution in [0.15, 0.2) is 0 Å². The van der Waals surface area contributed by atoms with Crippen molar-refractivity contribution < 1.29 is 31.4 Å². The van der Waals surface area contributed by atoms with E-state index in [2.05, 4.69) is 0 Å². The van der Waals surface area contributed by atoms with Crippen LogP contribution in [-0.2, 0) is 21.9 Å². The summed E-state index contributed by atoms with van der Waals surface area (Å²) in [6, 6.07) is 0. The van der Waals surface area contributed by atoms with Gasteiger partial charge in [0, 0.05) is 5.97 Å². The van der Waals surface area contributed by atoms with Gasteiger partial charge in [-0.1, -0.05) is 0 Å². The van der Waals surface area contributed by atoms with E-state index in [1.165, 1.54) is 0 Å². The fourth-order valence-electron chi connectivity index (χ4n) is 0. The fraction of sp³-hybridized carbons (Fsp3) is 0.333. The third-order valence-corrected chi connectivity index (χ3v) is 0. The van der Waals surface area contributed by atoms with Gasteiger partial charge in [0.15, 0.2) is 0 Å². The third-order valence-electron chi connectivity index (χ3n) is 0. The first kappa shape index (κ1) is 15.8. The van der Waals surface area contributed by atoms with Gasteiger partial charge in [0.05, 0.1) is 0 Å². The van der Waals surface area contributed by atoms with E-state index in [1.54, 1.807) is 7.18 Å². The molecule has 0 saturated carbocycles. The minimum absolute atomic E-state index is 0. The van der Waals surface area contributed by atoms with Gasteiger partial charge < -0.3 is 14.3 Å². The molecule has 0 aromatic rings. The summed E-state index contributed by atoms with van der Waals surface area (Å²) in [4.78, 5) is 8.89. The maximum Gasteiger partial charge on any atom is 2.00 e. The van der Waals surface area contributed by atoms with Crippen LogP contribution in [0.4, 0.5) is 4.39 Å². The average Bonchev–Trinajstić information content (AvgIpc) is 1.41. The van der Waals surface area contributed by atoms with E-state index >= 15 is 0 Å². The SMILES string of the molecule is CC(=O)[O-].[CH2-]F.[Fe+2]. The molecule has 4 heteroatoms. The van der Waals surface area contributed by atoms with Crippen LogP contribution < -0.4 is 5.11 Å². The van der Waals surface area contributed by atoms with Gasteiger partial charge in [-0.25, -0.2) is 0 Å². The van der Waals surface area contributed by atoms with Gasteiger partial charge >= 0.3 is 17.1 Å². The van der Waals surface area contributed by atoms with Gasteiger partial charge in [-0.3, -0.25) is 0 Å². The Bertz CT molecular complexity index is 35.9. The minimum Gasteiger partial charge on any atom is -0.550 e. The smallest absolute Gasteiger partial charge is 0.550 e. The van der Waals surface area contributed by atoms with E-state index in [9.17, 15) is 4.39 Å². The molecule has 0 aromatic heterocycles. The molecule has 7 heavy (non-hydrogen) atoms. The molecule has 0 fully saturated rings. The molecule has 0 radical (unpaired) electrons. The Morgan fingerprint density at radius 1 is 1.71 bits per heavy atom. The fourth-order valence-corrected chi connectivity index (χ4v) is 0. The predicted octanol–water partition coefficient (Wildman–Crippen LogP) is -0.499. The summed E-state index contributed by atoms with van der Waals surface area (Å²) in [5.74, 6) is -1.08. The molecule has 0 aliphatic rings. The number of aliphatic carboxylic acids is 1. The summed E-state index contributed by atoms with van der Waals surface area (Å²) in [5.41, 5.74) is 0. The Kier molecular flexibility index (Phi) is 37.9. The molecular weight excluding hydrogens is 143 g/mol. The van der Waals surface area contributed by atoms with Crippen LogP contribution in [0.2, 0.25) is 0 Å². The first-order valence-corrected chi connectivity index (χ1v) is 1.18. The summed E-state index contributed by atoms with van der Waals surface area (Å²) in [7, 11) is 1.75. The van der Waals surface area contributed by atoms with Crippen molar-refractivity contribution in [2.24, 2.45) is 0 Å². The first-order chi connectivity index (χ1) is 2.73. The Hall–Kier alpha value is -0.0805. The average molecular weight is 148 g/mol. The van der Waals surface area contributed by atoms with Gasteiger partial charge in [-0.2, -0.15) is 7.18 Å². The molecule has 0 aromatic carbocycles. The zero-order valence-electron chi connectivity index (χ0n) is 3.76. The number of carboxylic acids is 1. The second kappa shape index (κ2) is 16.8. The molecule has 0 saturated heterocycles. The molecule has 0 unspecified atom stereocenters. The van der Waals surface area contributed by atoms with Crippen LogP contribution >= 0.6 is 0 Å². The second-order valence-electron chi connectivity index (χ2n) is 0.492. The van der Waals surface area contributed by atoms with Crippen molar-refractivity contribution in [2.45, 2.75) is 6.92 Å². The number of hydrogen-bond acceptors (Lipinski definition) is 2. The maximum atomic E-state index is 9.25. The number of carbonyl (C=O) groups is 1. The summed E-state index contributed by atoms with van der Waals surface area (Å²) >= 11 is 0. The van der Waals surface area contributed by atoms with Crippen LogP contribution in [0.5, 0.6) is 0 Å². The summed E-state index contributed by atoms with van der Waals surface area (Å²) in [5, 5.41) is 8.89. The van der Waals surface area contributed by atoms with E-state index in [4.69, 9.17) is 9.90 Å². The Labute approximate surface area is 52.2 Å². The molecule has 0 spiro atoms. The second-order valence-corrected chi connectivity index (χ2v) is 0.492. The molecule has 0 heterocycles. The Morgan fingerprint density at radius 3 is 1.71 bits per heavy atom. The van der Waals surface area contributed by atoms with E-state index in [0.717, 1.165) is 6.92 Å². The summed E-state index contributed by atoms with van der Waals surface area (Å²) in [6.07, 6.45) is 0. The number of hydrogen-bond donors (Lipinski definition) is 0. The Balaban J connectivity index is -0.0000000480. The van der Waals surface area contributed by atoms with Crippen molar-refractivity contribution in [3.8, 4) is 0 Å². The standard InChI is InChI=1S/C2H4O2.CH2F.Fe/c1-2(3)4;1-2;/h1H3,(H,3,4);1H2;/q;-1;+2/p-1. The molecular formula is C3H5FFeO2. The van der Waals surface area contributed by atoms with Crippen LogP contribution in [-0.4, -0.2) is 5.97 Å². The van der Waals surface area contributed by atoms with Crippen molar-refractivity contribution in [3.05, 3.63) is 7.18 Å². The van der Waals surface area contributed by atoms with Gasteiger partial charge in [0.2, 0.25) is 0 Å². The molecule has 2 nitrogen and oxygen atoms in total. The predicted molar refractivity (Wildman–Crippen MR) is 17.1 cm³/mol. The summed E-state index contributed by atoms with van der Waals surface area (Å²) < 4.78 is 9.25. The number of halogens is 1. The number of carbonyl (C=O) groups excluding carboxylic acids is 1. The van der Waals surface area contributed by atoms with E-state index < -0.39 is 5.97 Å². The Morgan fingerprint density at radius 2 is 1.71 bits per heavy atom. The molecule has 0 bridgehead atoms. The van der Waals surface area contributed by atoms with Crippen molar-refractivity contribution in [2.75, 3.05) is 0 Å². The van der Waals surface area contributed by atoms with Gasteiger partial charge in [-0.05, 0) is 6.92 Å². The number of rotatable bonds is 0. The molecule has 0 N–H and O–H groups in total. The van der Waals surface area contributed by atoms with E-state index in [1.807, 2.05) is 0 Å². The van der Waals surface area contributed by atoms with Gasteiger partial charge in [0.25, 0.3) is 0 Å². The normalized spacial score (nSPS) is 4.43. The quantitative estimate of drug-likeness (QED) is 0.343. The monoisotopic (exact) mass is 148 g/mol. The van der Waals surface area contributed by atoms with Crippen molar-refractivity contribution in [1.29, 1.82) is 0 Å². The van der Waals surface area contributed by atoms with Crippen molar-refractivity contribution >= 4 is 5.97 Å². The zero-order valence-corrected chi connectivity index (χ0v) is 4.86. The molecule has 0 atom stereocenters. The van der Waals surface area contributed by atoms with Gasteiger partial charge in [0.1, 0.15) is 0 Å². The molecule has 0 aliphatic heterocycles. The summed E-state index contributed by atoms with van der Waals surface area (Å²) in [6.45, 7) is 0.972. The van der Waals surface area contributed by atoms with Crippen molar-refractivity contribution in [3.63, 3.8) is 0 Å².